The summed E-state index contributed by atoms with van der Waals surface area (Å²) in [4.78, 5) is 0.0412. The van der Waals surface area contributed by atoms with Crippen molar-refractivity contribution in [3.05, 3.63) is 29.1 Å². The van der Waals surface area contributed by atoms with Gasteiger partial charge in [0, 0.05) is 25.7 Å². The van der Waals surface area contributed by atoms with Crippen molar-refractivity contribution < 1.29 is 12.8 Å². The molecule has 0 unspecified atom stereocenters. The smallest absolute Gasteiger partial charge is 0.243 e. The summed E-state index contributed by atoms with van der Waals surface area (Å²) in [5.41, 5.74) is 0.607. The van der Waals surface area contributed by atoms with Gasteiger partial charge in [-0.2, -0.15) is 0 Å². The SMILES string of the molecule is CNCc1cc(F)c(C)c(S(=O)(=O)N(C)CC(C)(C)C)c1. The Bertz CT molecular complexity index is 607. The third-order valence-corrected chi connectivity index (χ3v) is 5.05. The average molecular weight is 316 g/mol. The molecule has 120 valence electrons. The molecular weight excluding hydrogens is 291 g/mol. The number of sulfonamides is 1. The Morgan fingerprint density at radius 3 is 2.33 bits per heavy atom. The molecule has 0 aromatic heterocycles. The molecule has 0 aliphatic heterocycles. The van der Waals surface area contributed by atoms with Crippen LogP contribution >= 0.6 is 0 Å². The summed E-state index contributed by atoms with van der Waals surface area (Å²) < 4.78 is 40.6. The molecule has 0 fully saturated rings. The van der Waals surface area contributed by atoms with Gasteiger partial charge in [-0.15, -0.1) is 0 Å². The van der Waals surface area contributed by atoms with Gasteiger partial charge in [-0.3, -0.25) is 0 Å². The van der Waals surface area contributed by atoms with Crippen LogP contribution in [0.5, 0.6) is 0 Å². The van der Waals surface area contributed by atoms with E-state index in [9.17, 15) is 12.8 Å². The summed E-state index contributed by atoms with van der Waals surface area (Å²) in [5, 5.41) is 2.90. The molecule has 4 nitrogen and oxygen atoms in total. The molecule has 0 bridgehead atoms. The monoisotopic (exact) mass is 316 g/mol. The van der Waals surface area contributed by atoms with Crippen LogP contribution in [0, 0.1) is 18.2 Å². The first-order valence-electron chi connectivity index (χ1n) is 6.89. The fourth-order valence-electron chi connectivity index (χ4n) is 2.20. The molecule has 0 aliphatic rings. The molecule has 0 atom stereocenters. The molecule has 0 amide bonds. The standard InChI is InChI=1S/C15H25FN2O2S/c1-11-13(16)7-12(9-17-5)8-14(11)21(19,20)18(6)10-15(2,3)4/h7-8,17H,9-10H2,1-6H3. The molecular formula is C15H25FN2O2S. The average Bonchev–Trinajstić information content (AvgIpc) is 2.31. The first-order valence-corrected chi connectivity index (χ1v) is 8.33. The lowest BCUT2D eigenvalue weighted by Crippen LogP contribution is -2.35. The van der Waals surface area contributed by atoms with Crippen LogP contribution in [0.1, 0.15) is 31.9 Å². The van der Waals surface area contributed by atoms with Gasteiger partial charge >= 0.3 is 0 Å². The van der Waals surface area contributed by atoms with Gasteiger partial charge in [0.15, 0.2) is 0 Å². The highest BCUT2D eigenvalue weighted by molar-refractivity contribution is 7.89. The van der Waals surface area contributed by atoms with E-state index in [4.69, 9.17) is 0 Å². The fraction of sp³-hybridized carbons (Fsp3) is 0.600. The van der Waals surface area contributed by atoms with Crippen molar-refractivity contribution in [1.82, 2.24) is 9.62 Å². The van der Waals surface area contributed by atoms with Crippen LogP contribution in [0.15, 0.2) is 17.0 Å². The molecule has 1 aromatic carbocycles. The predicted molar refractivity (Wildman–Crippen MR) is 83.2 cm³/mol. The number of nitrogens with zero attached hydrogens (tertiary/aromatic N) is 1. The van der Waals surface area contributed by atoms with Crippen LogP contribution in [-0.4, -0.2) is 33.4 Å². The molecule has 0 radical (unpaired) electrons. The summed E-state index contributed by atoms with van der Waals surface area (Å²) in [6.45, 7) is 8.17. The van der Waals surface area contributed by atoms with Crippen LogP contribution in [0.4, 0.5) is 4.39 Å². The number of hydrogen-bond acceptors (Lipinski definition) is 3. The highest BCUT2D eigenvalue weighted by Crippen LogP contribution is 2.25. The van der Waals surface area contributed by atoms with E-state index in [-0.39, 0.29) is 15.9 Å². The number of benzene rings is 1. The van der Waals surface area contributed by atoms with Crippen molar-refractivity contribution in [1.29, 1.82) is 0 Å². The quantitative estimate of drug-likeness (QED) is 0.908. The second kappa shape index (κ2) is 6.42. The minimum Gasteiger partial charge on any atom is -0.316 e. The van der Waals surface area contributed by atoms with Crippen molar-refractivity contribution in [3.8, 4) is 0 Å². The normalized spacial score (nSPS) is 13.0. The van der Waals surface area contributed by atoms with E-state index in [1.807, 2.05) is 20.8 Å². The third-order valence-electron chi connectivity index (χ3n) is 3.12. The number of nitrogens with one attached hydrogen (secondary N) is 1. The van der Waals surface area contributed by atoms with Gasteiger partial charge in [0.05, 0.1) is 4.90 Å². The molecule has 0 heterocycles. The Hall–Kier alpha value is -0.980. The fourth-order valence-corrected chi connectivity index (χ4v) is 3.88. The predicted octanol–water partition coefficient (Wildman–Crippen LogP) is 2.52. The van der Waals surface area contributed by atoms with E-state index in [1.165, 1.54) is 24.3 Å². The maximum Gasteiger partial charge on any atom is 0.243 e. The van der Waals surface area contributed by atoms with Gasteiger partial charge in [0.1, 0.15) is 5.82 Å². The van der Waals surface area contributed by atoms with E-state index in [1.54, 1.807) is 13.1 Å². The molecule has 0 saturated heterocycles. The molecule has 1 N–H and O–H groups in total. The lowest BCUT2D eigenvalue weighted by molar-refractivity contribution is 0.310. The number of halogens is 1. The van der Waals surface area contributed by atoms with Crippen molar-refractivity contribution in [3.63, 3.8) is 0 Å². The molecule has 21 heavy (non-hydrogen) atoms. The van der Waals surface area contributed by atoms with Crippen molar-refractivity contribution in [2.24, 2.45) is 5.41 Å². The summed E-state index contributed by atoms with van der Waals surface area (Å²) in [6, 6.07) is 2.91. The minimum absolute atomic E-state index is 0.0412. The van der Waals surface area contributed by atoms with E-state index >= 15 is 0 Å². The highest BCUT2D eigenvalue weighted by atomic mass is 32.2. The summed E-state index contributed by atoms with van der Waals surface area (Å²) >= 11 is 0. The molecule has 1 aromatic rings. The van der Waals surface area contributed by atoms with E-state index in [0.717, 1.165) is 0 Å². The third kappa shape index (κ3) is 4.49. The first-order chi connectivity index (χ1) is 9.49. The minimum atomic E-state index is -3.70. The van der Waals surface area contributed by atoms with Crippen LogP contribution in [-0.2, 0) is 16.6 Å². The van der Waals surface area contributed by atoms with Crippen LogP contribution in [0.3, 0.4) is 0 Å². The number of rotatable bonds is 5. The summed E-state index contributed by atoms with van der Waals surface area (Å²) in [6.07, 6.45) is 0. The Balaban J connectivity index is 3.30. The van der Waals surface area contributed by atoms with Crippen molar-refractivity contribution >= 4 is 10.0 Å². The molecule has 0 aliphatic carbocycles. The Kier molecular flexibility index (Phi) is 5.52. The van der Waals surface area contributed by atoms with Crippen LogP contribution < -0.4 is 5.32 Å². The Morgan fingerprint density at radius 2 is 1.86 bits per heavy atom. The van der Waals surface area contributed by atoms with Gasteiger partial charge in [-0.1, -0.05) is 20.8 Å². The number of hydrogen-bond donors (Lipinski definition) is 1. The van der Waals surface area contributed by atoms with Crippen molar-refractivity contribution in [2.75, 3.05) is 20.6 Å². The van der Waals surface area contributed by atoms with Crippen LogP contribution in [0.2, 0.25) is 0 Å². The Morgan fingerprint density at radius 1 is 1.29 bits per heavy atom. The topological polar surface area (TPSA) is 49.4 Å². The van der Waals surface area contributed by atoms with Gasteiger partial charge in [-0.05, 0) is 37.1 Å². The zero-order valence-electron chi connectivity index (χ0n) is 13.6. The maximum atomic E-state index is 14.0. The Labute approximate surface area is 127 Å². The van der Waals surface area contributed by atoms with Gasteiger partial charge in [-0.25, -0.2) is 17.1 Å². The molecule has 1 rings (SSSR count). The van der Waals surface area contributed by atoms with Crippen LogP contribution in [0.25, 0.3) is 0 Å². The largest absolute Gasteiger partial charge is 0.316 e. The van der Waals surface area contributed by atoms with E-state index in [0.29, 0.717) is 18.7 Å². The summed E-state index contributed by atoms with van der Waals surface area (Å²) in [7, 11) is -0.436. The zero-order chi connectivity index (χ0) is 16.4. The van der Waals surface area contributed by atoms with E-state index < -0.39 is 15.8 Å². The highest BCUT2D eigenvalue weighted by Gasteiger charge is 2.28. The molecule has 0 spiro atoms. The van der Waals surface area contributed by atoms with Gasteiger partial charge < -0.3 is 5.32 Å². The van der Waals surface area contributed by atoms with E-state index in [2.05, 4.69) is 5.32 Å². The van der Waals surface area contributed by atoms with Crippen molar-refractivity contribution in [2.45, 2.75) is 39.1 Å². The second-order valence-electron chi connectivity index (χ2n) is 6.55. The summed E-state index contributed by atoms with van der Waals surface area (Å²) in [5.74, 6) is -0.495. The zero-order valence-corrected chi connectivity index (χ0v) is 14.4. The van der Waals surface area contributed by atoms with Gasteiger partial charge in [0.25, 0.3) is 0 Å². The molecule has 6 heteroatoms. The molecule has 0 saturated carbocycles. The second-order valence-corrected chi connectivity index (χ2v) is 8.57. The first kappa shape index (κ1) is 18.1. The maximum absolute atomic E-state index is 14.0. The lowest BCUT2D eigenvalue weighted by atomic mass is 9.97. The van der Waals surface area contributed by atoms with Gasteiger partial charge in [0.2, 0.25) is 10.0 Å². The lowest BCUT2D eigenvalue weighted by Gasteiger charge is -2.26.